The number of esters is 1. The lowest BCUT2D eigenvalue weighted by molar-refractivity contribution is -0.142. The van der Waals surface area contributed by atoms with Crippen molar-refractivity contribution < 1.29 is 14.6 Å². The van der Waals surface area contributed by atoms with Crippen molar-refractivity contribution in [2.45, 2.75) is 12.5 Å². The van der Waals surface area contributed by atoms with Crippen LogP contribution in [0.15, 0.2) is 24.4 Å². The molecule has 0 aliphatic carbocycles. The first-order valence-corrected chi connectivity index (χ1v) is 5.25. The third-order valence-corrected chi connectivity index (χ3v) is 2.72. The number of ether oxygens (including phenoxy) is 1. The first-order valence-electron chi connectivity index (χ1n) is 5.25. The Kier molecular flexibility index (Phi) is 4.58. The van der Waals surface area contributed by atoms with E-state index in [9.17, 15) is 9.90 Å². The Bertz CT molecular complexity index is 553. The van der Waals surface area contributed by atoms with Crippen LogP contribution in [0, 0.1) is 0 Å². The molecule has 1 atom stereocenters. The molecule has 1 unspecified atom stereocenters. The number of hydrogen-bond donors (Lipinski definition) is 3. The molecule has 0 amide bonds. The van der Waals surface area contributed by atoms with Crippen LogP contribution in [0.5, 0.6) is 5.75 Å². The monoisotopic (exact) mass is 270 g/mol. The number of aromatic hydroxyl groups is 1. The zero-order chi connectivity index (χ0) is 12.4. The van der Waals surface area contributed by atoms with E-state index >= 15 is 0 Å². The number of hydrogen-bond acceptors (Lipinski definition) is 4. The van der Waals surface area contributed by atoms with E-state index < -0.39 is 12.0 Å². The van der Waals surface area contributed by atoms with E-state index in [-0.39, 0.29) is 18.2 Å². The fourth-order valence-corrected chi connectivity index (χ4v) is 1.84. The molecular formula is C12H15ClN2O3. The Morgan fingerprint density at radius 2 is 2.28 bits per heavy atom. The highest BCUT2D eigenvalue weighted by atomic mass is 35.5. The molecule has 2 aromatic rings. The van der Waals surface area contributed by atoms with Gasteiger partial charge in [-0.2, -0.15) is 0 Å². The van der Waals surface area contributed by atoms with Gasteiger partial charge in [-0.05, 0) is 11.6 Å². The second kappa shape index (κ2) is 5.75. The number of phenols is 1. The summed E-state index contributed by atoms with van der Waals surface area (Å²) in [4.78, 5) is 14.2. The number of carbonyl (C=O) groups excluding carboxylic acids is 1. The number of H-pyrrole nitrogens is 1. The van der Waals surface area contributed by atoms with Gasteiger partial charge in [-0.3, -0.25) is 4.79 Å². The fraction of sp³-hybridized carbons (Fsp3) is 0.250. The zero-order valence-corrected chi connectivity index (χ0v) is 10.7. The second-order valence-electron chi connectivity index (χ2n) is 3.85. The number of phenolic OH excluding ortho intramolecular Hbond substituents is 1. The minimum atomic E-state index is -0.693. The highest BCUT2D eigenvalue weighted by molar-refractivity contribution is 5.88. The van der Waals surface area contributed by atoms with Crippen molar-refractivity contribution in [3.8, 4) is 5.75 Å². The van der Waals surface area contributed by atoms with E-state index in [4.69, 9.17) is 5.73 Å². The minimum Gasteiger partial charge on any atom is -0.506 e. The summed E-state index contributed by atoms with van der Waals surface area (Å²) in [6, 6.07) is 4.52. The van der Waals surface area contributed by atoms with Crippen molar-refractivity contribution in [2.24, 2.45) is 5.73 Å². The third-order valence-electron chi connectivity index (χ3n) is 2.72. The van der Waals surface area contributed by atoms with Gasteiger partial charge in [0.1, 0.15) is 11.8 Å². The first-order chi connectivity index (χ1) is 8.13. The van der Waals surface area contributed by atoms with Crippen molar-refractivity contribution in [1.82, 2.24) is 4.98 Å². The van der Waals surface area contributed by atoms with Gasteiger partial charge >= 0.3 is 5.97 Å². The number of fused-ring (bicyclic) bond motifs is 1. The maximum Gasteiger partial charge on any atom is 0.322 e. The highest BCUT2D eigenvalue weighted by Gasteiger charge is 2.16. The molecule has 0 aliphatic heterocycles. The lowest BCUT2D eigenvalue weighted by Crippen LogP contribution is -2.33. The molecule has 0 spiro atoms. The lowest BCUT2D eigenvalue weighted by Gasteiger charge is -2.07. The smallest absolute Gasteiger partial charge is 0.322 e. The Morgan fingerprint density at radius 1 is 1.56 bits per heavy atom. The number of aromatic nitrogens is 1. The van der Waals surface area contributed by atoms with Crippen LogP contribution < -0.4 is 5.73 Å². The SMILES string of the molecule is COC(=O)C(N)Cc1c[nH]c2c(O)cccc12.Cl. The lowest BCUT2D eigenvalue weighted by atomic mass is 10.1. The second-order valence-corrected chi connectivity index (χ2v) is 3.85. The summed E-state index contributed by atoms with van der Waals surface area (Å²) in [5.74, 6) is -0.264. The Hall–Kier alpha value is -1.72. The molecule has 98 valence electrons. The number of carbonyl (C=O) groups is 1. The number of aromatic amines is 1. The van der Waals surface area contributed by atoms with Gasteiger partial charge < -0.3 is 20.6 Å². The largest absolute Gasteiger partial charge is 0.506 e. The topological polar surface area (TPSA) is 88.3 Å². The van der Waals surface area contributed by atoms with Crippen molar-refractivity contribution in [1.29, 1.82) is 0 Å². The Balaban J connectivity index is 0.00000162. The number of nitrogens with two attached hydrogens (primary N) is 1. The van der Waals surface area contributed by atoms with Gasteiger partial charge in [0.2, 0.25) is 0 Å². The highest BCUT2D eigenvalue weighted by Crippen LogP contribution is 2.26. The molecule has 1 heterocycles. The quantitative estimate of drug-likeness (QED) is 0.735. The summed E-state index contributed by atoms with van der Waals surface area (Å²) in [5.41, 5.74) is 7.23. The maximum absolute atomic E-state index is 11.2. The number of halogens is 1. The van der Waals surface area contributed by atoms with E-state index in [1.807, 2.05) is 6.07 Å². The Morgan fingerprint density at radius 3 is 2.94 bits per heavy atom. The van der Waals surface area contributed by atoms with E-state index in [2.05, 4.69) is 9.72 Å². The summed E-state index contributed by atoms with van der Waals surface area (Å²) in [5, 5.41) is 10.5. The molecule has 0 fully saturated rings. The molecule has 1 aromatic carbocycles. The average Bonchev–Trinajstić information content (AvgIpc) is 2.73. The predicted octanol–water partition coefficient (Wildman–Crippen LogP) is 1.34. The van der Waals surface area contributed by atoms with Gasteiger partial charge in [0.25, 0.3) is 0 Å². The minimum absolute atomic E-state index is 0. The molecular weight excluding hydrogens is 256 g/mol. The number of methoxy groups -OCH3 is 1. The molecule has 4 N–H and O–H groups in total. The molecule has 0 aliphatic rings. The molecule has 5 nitrogen and oxygen atoms in total. The van der Waals surface area contributed by atoms with Crippen LogP contribution >= 0.6 is 12.4 Å². The number of rotatable bonds is 3. The first kappa shape index (κ1) is 14.3. The van der Waals surface area contributed by atoms with Gasteiger partial charge in [-0.1, -0.05) is 12.1 Å². The van der Waals surface area contributed by atoms with Gasteiger partial charge in [0.05, 0.1) is 12.6 Å². The Labute approximate surface area is 110 Å². The summed E-state index contributed by atoms with van der Waals surface area (Å²) in [6.07, 6.45) is 2.11. The summed E-state index contributed by atoms with van der Waals surface area (Å²) < 4.78 is 4.57. The van der Waals surface area contributed by atoms with E-state index in [1.165, 1.54) is 7.11 Å². The molecule has 6 heteroatoms. The fourth-order valence-electron chi connectivity index (χ4n) is 1.84. The van der Waals surface area contributed by atoms with Gasteiger partial charge in [-0.25, -0.2) is 0 Å². The van der Waals surface area contributed by atoms with Gasteiger partial charge in [-0.15, -0.1) is 12.4 Å². The summed E-state index contributed by atoms with van der Waals surface area (Å²) in [6.45, 7) is 0. The van der Waals surface area contributed by atoms with Crippen LogP contribution in [0.4, 0.5) is 0 Å². The van der Waals surface area contributed by atoms with Crippen LogP contribution in [0.25, 0.3) is 10.9 Å². The maximum atomic E-state index is 11.2. The number of nitrogens with one attached hydrogen (secondary N) is 1. The van der Waals surface area contributed by atoms with Crippen molar-refractivity contribution >= 4 is 29.3 Å². The van der Waals surface area contributed by atoms with Crippen molar-refractivity contribution in [3.63, 3.8) is 0 Å². The van der Waals surface area contributed by atoms with Crippen LogP contribution in [0.2, 0.25) is 0 Å². The molecule has 0 radical (unpaired) electrons. The molecule has 0 bridgehead atoms. The van der Waals surface area contributed by atoms with Crippen LogP contribution in [0.3, 0.4) is 0 Å². The molecule has 18 heavy (non-hydrogen) atoms. The molecule has 0 saturated carbocycles. The standard InChI is InChI=1S/C12H14N2O3.ClH/c1-17-12(16)9(13)5-7-6-14-11-8(7)3-2-4-10(11)15;/h2-4,6,9,14-15H,5,13H2,1H3;1H. The van der Waals surface area contributed by atoms with Crippen LogP contribution in [-0.4, -0.2) is 29.2 Å². The predicted molar refractivity (Wildman–Crippen MR) is 70.9 cm³/mol. The summed E-state index contributed by atoms with van der Waals surface area (Å²) in [7, 11) is 1.31. The zero-order valence-electron chi connectivity index (χ0n) is 9.84. The van der Waals surface area contributed by atoms with Crippen molar-refractivity contribution in [3.05, 3.63) is 30.0 Å². The third kappa shape index (κ3) is 2.57. The molecule has 1 aromatic heterocycles. The van der Waals surface area contributed by atoms with Crippen LogP contribution in [0.1, 0.15) is 5.56 Å². The molecule has 2 rings (SSSR count). The van der Waals surface area contributed by atoms with E-state index in [0.29, 0.717) is 11.9 Å². The average molecular weight is 271 g/mol. The van der Waals surface area contributed by atoms with E-state index in [0.717, 1.165) is 10.9 Å². The number of benzene rings is 1. The van der Waals surface area contributed by atoms with Crippen molar-refractivity contribution in [2.75, 3.05) is 7.11 Å². The normalized spacial score (nSPS) is 11.9. The van der Waals surface area contributed by atoms with Gasteiger partial charge in [0.15, 0.2) is 0 Å². The summed E-state index contributed by atoms with van der Waals surface area (Å²) >= 11 is 0. The number of para-hydroxylation sites is 1. The van der Waals surface area contributed by atoms with Crippen LogP contribution in [-0.2, 0) is 16.0 Å². The van der Waals surface area contributed by atoms with E-state index in [1.54, 1.807) is 18.3 Å². The molecule has 0 saturated heterocycles. The van der Waals surface area contributed by atoms with Gasteiger partial charge in [0, 0.05) is 18.0 Å².